The summed E-state index contributed by atoms with van der Waals surface area (Å²) >= 11 is 0. The monoisotopic (exact) mass is 367 g/mol. The molecule has 1 aromatic carbocycles. The highest BCUT2D eigenvalue weighted by molar-refractivity contribution is 5.94. The van der Waals surface area contributed by atoms with Crippen LogP contribution in [-0.2, 0) is 11.3 Å². The number of nitrogens with one attached hydrogen (secondary N) is 1. The SMILES string of the molecule is COCCn1cnnc1[C@@H](C)NC(=O)c1ccc(-c2cc(N)ncn2)cc1. The summed E-state index contributed by atoms with van der Waals surface area (Å²) in [7, 11) is 1.63. The Morgan fingerprint density at radius 3 is 2.78 bits per heavy atom. The van der Waals surface area contributed by atoms with Gasteiger partial charge >= 0.3 is 0 Å². The Labute approximate surface area is 156 Å². The zero-order valence-electron chi connectivity index (χ0n) is 15.2. The Morgan fingerprint density at radius 1 is 1.30 bits per heavy atom. The number of anilines is 1. The van der Waals surface area contributed by atoms with E-state index in [2.05, 4.69) is 25.5 Å². The van der Waals surface area contributed by atoms with Gasteiger partial charge in [0.2, 0.25) is 0 Å². The number of amides is 1. The van der Waals surface area contributed by atoms with E-state index in [1.807, 2.05) is 23.6 Å². The molecule has 0 bridgehead atoms. The first-order valence-electron chi connectivity index (χ1n) is 8.44. The lowest BCUT2D eigenvalue weighted by Gasteiger charge is -2.15. The highest BCUT2D eigenvalue weighted by Gasteiger charge is 2.16. The van der Waals surface area contributed by atoms with Gasteiger partial charge in [-0.2, -0.15) is 0 Å². The van der Waals surface area contributed by atoms with Crippen molar-refractivity contribution >= 4 is 11.7 Å². The average Bonchev–Trinajstić information content (AvgIpc) is 3.15. The molecule has 0 unspecified atom stereocenters. The fourth-order valence-electron chi connectivity index (χ4n) is 2.63. The highest BCUT2D eigenvalue weighted by atomic mass is 16.5. The number of rotatable bonds is 7. The van der Waals surface area contributed by atoms with Gasteiger partial charge in [0.25, 0.3) is 5.91 Å². The van der Waals surface area contributed by atoms with Crippen molar-refractivity contribution in [2.24, 2.45) is 0 Å². The molecule has 2 heterocycles. The molecule has 0 radical (unpaired) electrons. The summed E-state index contributed by atoms with van der Waals surface area (Å²) in [4.78, 5) is 20.6. The average molecular weight is 367 g/mol. The lowest BCUT2D eigenvalue weighted by Crippen LogP contribution is -2.29. The number of carbonyl (C=O) groups excluding carboxylic acids is 1. The first kappa shape index (κ1) is 18.5. The van der Waals surface area contributed by atoms with Gasteiger partial charge in [-0.3, -0.25) is 4.79 Å². The first-order valence-corrected chi connectivity index (χ1v) is 8.44. The van der Waals surface area contributed by atoms with Gasteiger partial charge in [-0.25, -0.2) is 9.97 Å². The van der Waals surface area contributed by atoms with E-state index in [9.17, 15) is 4.79 Å². The van der Waals surface area contributed by atoms with Crippen molar-refractivity contribution in [2.45, 2.75) is 19.5 Å². The molecule has 1 atom stereocenters. The molecule has 3 N–H and O–H groups in total. The summed E-state index contributed by atoms with van der Waals surface area (Å²) in [6.07, 6.45) is 3.03. The Hall–Kier alpha value is -3.33. The van der Waals surface area contributed by atoms with Crippen LogP contribution in [0.15, 0.2) is 43.0 Å². The molecule has 0 saturated heterocycles. The van der Waals surface area contributed by atoms with E-state index in [0.29, 0.717) is 36.1 Å². The van der Waals surface area contributed by atoms with Crippen molar-refractivity contribution in [3.63, 3.8) is 0 Å². The van der Waals surface area contributed by atoms with E-state index < -0.39 is 0 Å². The summed E-state index contributed by atoms with van der Waals surface area (Å²) in [6, 6.07) is 8.52. The predicted molar refractivity (Wildman–Crippen MR) is 99.7 cm³/mol. The fraction of sp³-hybridized carbons (Fsp3) is 0.278. The minimum atomic E-state index is -0.293. The summed E-state index contributed by atoms with van der Waals surface area (Å²) in [5.74, 6) is 0.874. The molecule has 0 spiro atoms. The van der Waals surface area contributed by atoms with E-state index in [1.54, 1.807) is 31.6 Å². The second kappa shape index (κ2) is 8.37. The van der Waals surface area contributed by atoms with Crippen LogP contribution >= 0.6 is 0 Å². The van der Waals surface area contributed by atoms with Crippen molar-refractivity contribution in [1.82, 2.24) is 30.0 Å². The van der Waals surface area contributed by atoms with E-state index in [0.717, 1.165) is 5.56 Å². The Balaban J connectivity index is 1.68. The van der Waals surface area contributed by atoms with Gasteiger partial charge in [0.1, 0.15) is 18.5 Å². The summed E-state index contributed by atoms with van der Waals surface area (Å²) < 4.78 is 6.93. The third-order valence-electron chi connectivity index (χ3n) is 4.05. The molecule has 0 fully saturated rings. The molecule has 27 heavy (non-hydrogen) atoms. The zero-order valence-corrected chi connectivity index (χ0v) is 15.2. The minimum absolute atomic E-state index is 0.197. The number of nitrogen functional groups attached to an aromatic ring is 1. The molecular formula is C18H21N7O2. The van der Waals surface area contributed by atoms with Gasteiger partial charge in [0, 0.05) is 30.8 Å². The molecule has 2 aromatic heterocycles. The minimum Gasteiger partial charge on any atom is -0.384 e. The van der Waals surface area contributed by atoms with Crippen molar-refractivity contribution < 1.29 is 9.53 Å². The van der Waals surface area contributed by atoms with Crippen LogP contribution < -0.4 is 11.1 Å². The predicted octanol–water partition coefficient (Wildman–Crippen LogP) is 1.45. The maximum atomic E-state index is 12.5. The van der Waals surface area contributed by atoms with Crippen molar-refractivity contribution in [2.75, 3.05) is 19.5 Å². The van der Waals surface area contributed by atoms with E-state index in [4.69, 9.17) is 10.5 Å². The summed E-state index contributed by atoms with van der Waals surface area (Å²) in [6.45, 7) is 3.03. The van der Waals surface area contributed by atoms with Gasteiger partial charge in [-0.1, -0.05) is 12.1 Å². The van der Waals surface area contributed by atoms with E-state index >= 15 is 0 Å². The van der Waals surface area contributed by atoms with E-state index in [-0.39, 0.29) is 11.9 Å². The second-order valence-corrected chi connectivity index (χ2v) is 5.98. The number of nitrogens with zero attached hydrogens (tertiary/aromatic N) is 5. The van der Waals surface area contributed by atoms with Crippen LogP contribution in [0.25, 0.3) is 11.3 Å². The molecule has 9 heteroatoms. The maximum Gasteiger partial charge on any atom is 0.251 e. The molecule has 1 amide bonds. The van der Waals surface area contributed by atoms with Crippen LogP contribution in [-0.4, -0.2) is 44.4 Å². The van der Waals surface area contributed by atoms with Crippen LogP contribution in [0.5, 0.6) is 0 Å². The Kier molecular flexibility index (Phi) is 5.72. The number of nitrogens with two attached hydrogens (primary N) is 1. The zero-order chi connectivity index (χ0) is 19.2. The van der Waals surface area contributed by atoms with Gasteiger partial charge in [-0.15, -0.1) is 10.2 Å². The maximum absolute atomic E-state index is 12.5. The third kappa shape index (κ3) is 4.45. The standard InChI is InChI=1S/C18H21N7O2/c1-12(17-24-22-11-25(17)7-8-27-2)23-18(26)14-5-3-13(4-6-14)15-9-16(19)21-10-20-15/h3-6,9-12H,7-8H2,1-2H3,(H,23,26)(H2,19,20,21)/t12-/m1/s1. The third-order valence-corrected chi connectivity index (χ3v) is 4.05. The van der Waals surface area contributed by atoms with Gasteiger partial charge in [0.15, 0.2) is 5.82 Å². The lowest BCUT2D eigenvalue weighted by atomic mass is 10.1. The largest absolute Gasteiger partial charge is 0.384 e. The molecule has 3 aromatic rings. The van der Waals surface area contributed by atoms with Crippen molar-refractivity contribution in [3.05, 3.63) is 54.4 Å². The number of ether oxygens (including phenoxy) is 1. The first-order chi connectivity index (χ1) is 13.1. The fourth-order valence-corrected chi connectivity index (χ4v) is 2.63. The topological polar surface area (TPSA) is 121 Å². The highest BCUT2D eigenvalue weighted by Crippen LogP contribution is 2.19. The number of carbonyl (C=O) groups is 1. The van der Waals surface area contributed by atoms with Crippen LogP contribution in [0, 0.1) is 0 Å². The number of hydrogen-bond donors (Lipinski definition) is 2. The van der Waals surface area contributed by atoms with E-state index in [1.165, 1.54) is 6.33 Å². The Bertz CT molecular complexity index is 908. The molecule has 0 aliphatic heterocycles. The summed E-state index contributed by atoms with van der Waals surface area (Å²) in [5.41, 5.74) is 7.78. The van der Waals surface area contributed by atoms with Crippen molar-refractivity contribution in [3.8, 4) is 11.3 Å². The molecule has 140 valence electrons. The number of methoxy groups -OCH3 is 1. The van der Waals surface area contributed by atoms with Crippen LogP contribution in [0.2, 0.25) is 0 Å². The van der Waals surface area contributed by atoms with Crippen LogP contribution in [0.3, 0.4) is 0 Å². The Morgan fingerprint density at radius 2 is 2.07 bits per heavy atom. The second-order valence-electron chi connectivity index (χ2n) is 5.98. The summed E-state index contributed by atoms with van der Waals surface area (Å²) in [5, 5.41) is 10.9. The number of aromatic nitrogens is 5. The molecule has 3 rings (SSSR count). The molecule has 0 saturated carbocycles. The molecular weight excluding hydrogens is 346 g/mol. The molecule has 0 aliphatic carbocycles. The normalized spacial score (nSPS) is 11.9. The van der Waals surface area contributed by atoms with Gasteiger partial charge in [-0.05, 0) is 19.1 Å². The lowest BCUT2D eigenvalue weighted by molar-refractivity contribution is 0.0937. The van der Waals surface area contributed by atoms with Crippen molar-refractivity contribution in [1.29, 1.82) is 0 Å². The van der Waals surface area contributed by atoms with Gasteiger partial charge < -0.3 is 20.4 Å². The quantitative estimate of drug-likeness (QED) is 0.648. The smallest absolute Gasteiger partial charge is 0.251 e. The van der Waals surface area contributed by atoms with Gasteiger partial charge in [0.05, 0.1) is 18.3 Å². The number of benzene rings is 1. The molecule has 9 nitrogen and oxygen atoms in total. The van der Waals surface area contributed by atoms with Crippen LogP contribution in [0.1, 0.15) is 29.1 Å². The number of hydrogen-bond acceptors (Lipinski definition) is 7. The van der Waals surface area contributed by atoms with Crippen LogP contribution in [0.4, 0.5) is 5.82 Å². The molecule has 0 aliphatic rings.